The highest BCUT2D eigenvalue weighted by Crippen LogP contribution is 2.25. The molecule has 0 radical (unpaired) electrons. The molecule has 0 bridgehead atoms. The van der Waals surface area contributed by atoms with E-state index in [0.717, 1.165) is 64.4 Å². The van der Waals surface area contributed by atoms with Gasteiger partial charge in [0.2, 0.25) is 0 Å². The summed E-state index contributed by atoms with van der Waals surface area (Å²) in [6.07, 6.45) is 2.13. The Morgan fingerprint density at radius 3 is 1.87 bits per heavy atom. The fourth-order valence-electron chi connectivity index (χ4n) is 1.45. The van der Waals surface area contributed by atoms with Crippen LogP contribution in [0, 0.1) is 0 Å². The van der Waals surface area contributed by atoms with E-state index >= 15 is 0 Å². The molecule has 0 fully saturated rings. The summed E-state index contributed by atoms with van der Waals surface area (Å²) in [6.45, 7) is 0.201. The molecule has 0 aliphatic carbocycles. The maximum atomic E-state index is 11.8. The van der Waals surface area contributed by atoms with Crippen molar-refractivity contribution in [3.8, 4) is 0 Å². The van der Waals surface area contributed by atoms with Crippen molar-refractivity contribution in [2.24, 2.45) is 0 Å². The summed E-state index contributed by atoms with van der Waals surface area (Å²) in [5.74, 6) is 4.66. The van der Waals surface area contributed by atoms with Crippen molar-refractivity contribution in [1.82, 2.24) is 0 Å². The molecule has 0 spiro atoms. The molecule has 0 aromatic carbocycles. The van der Waals surface area contributed by atoms with Crippen molar-refractivity contribution in [2.75, 3.05) is 83.0 Å². The third-order valence-electron chi connectivity index (χ3n) is 2.70. The molecular formula is C16H32O3S11. The highest BCUT2D eigenvalue weighted by Gasteiger charge is 2.04. The van der Waals surface area contributed by atoms with Crippen LogP contribution in [-0.4, -0.2) is 97.4 Å². The zero-order chi connectivity index (χ0) is 22.1. The average Bonchev–Trinajstić information content (AvgIpc) is 2.74. The molecular weight excluding hydrogens is 593 g/mol. The van der Waals surface area contributed by atoms with Crippen molar-refractivity contribution in [3.05, 3.63) is 0 Å². The second-order valence-corrected chi connectivity index (χ2v) is 19.5. The molecule has 30 heavy (non-hydrogen) atoms. The van der Waals surface area contributed by atoms with E-state index in [2.05, 4.69) is 6.26 Å². The molecule has 0 aromatic heterocycles. The van der Waals surface area contributed by atoms with Crippen molar-refractivity contribution < 1.29 is 14.1 Å². The summed E-state index contributed by atoms with van der Waals surface area (Å²) >= 11 is 18.1. The van der Waals surface area contributed by atoms with Gasteiger partial charge in [0.05, 0.1) is 12.4 Å². The summed E-state index contributed by atoms with van der Waals surface area (Å²) in [7, 11) is -0.725. The maximum absolute atomic E-state index is 11.8. The number of carbonyl (C=O) groups excluding carboxylic acids is 1. The van der Waals surface area contributed by atoms with Crippen molar-refractivity contribution in [1.29, 1.82) is 0 Å². The molecule has 3 nitrogen and oxygen atoms in total. The van der Waals surface area contributed by atoms with Crippen LogP contribution in [0.3, 0.4) is 0 Å². The monoisotopic (exact) mass is 624 g/mol. The van der Waals surface area contributed by atoms with Crippen LogP contribution < -0.4 is 0 Å². The highest BCUT2D eigenvalue weighted by atomic mass is 32.3. The van der Waals surface area contributed by atoms with E-state index in [1.807, 2.05) is 82.3 Å². The van der Waals surface area contributed by atoms with Gasteiger partial charge in [-0.2, -0.15) is 35.3 Å². The molecule has 1 unspecified atom stereocenters. The number of carbonyl (C=O) groups is 1. The number of aliphatic hydroxyl groups is 1. The molecule has 0 saturated heterocycles. The summed E-state index contributed by atoms with van der Waals surface area (Å²) < 4.78 is 11.8. The van der Waals surface area contributed by atoms with Gasteiger partial charge in [-0.1, -0.05) is 11.8 Å². The maximum Gasteiger partial charge on any atom is 0.199 e. The predicted molar refractivity (Wildman–Crippen MR) is 165 cm³/mol. The van der Waals surface area contributed by atoms with Gasteiger partial charge >= 0.3 is 0 Å². The Kier molecular flexibility index (Phi) is 31.6. The smallest absolute Gasteiger partial charge is 0.199 e. The first-order valence-electron chi connectivity index (χ1n) is 8.93. The minimum Gasteiger partial charge on any atom is -0.396 e. The lowest BCUT2D eigenvalue weighted by Crippen LogP contribution is -2.07. The zero-order valence-corrected chi connectivity index (χ0v) is 26.1. The third kappa shape index (κ3) is 27.5. The normalized spacial score (nSPS) is 12.3. The average molecular weight is 625 g/mol. The van der Waals surface area contributed by atoms with Crippen LogP contribution in [0.1, 0.15) is 0 Å². The van der Waals surface area contributed by atoms with Gasteiger partial charge in [0.25, 0.3) is 0 Å². The molecule has 0 amide bonds. The van der Waals surface area contributed by atoms with E-state index in [4.69, 9.17) is 5.11 Å². The quantitative estimate of drug-likeness (QED) is 0.102. The summed E-state index contributed by atoms with van der Waals surface area (Å²) in [6, 6.07) is 0. The number of thioether (sulfide) groups is 10. The van der Waals surface area contributed by atoms with E-state index in [1.165, 1.54) is 11.8 Å². The Bertz CT molecular complexity index is 405. The van der Waals surface area contributed by atoms with Crippen molar-refractivity contribution in [2.45, 2.75) is 0 Å². The lowest BCUT2D eigenvalue weighted by molar-refractivity contribution is -0.108. The summed E-state index contributed by atoms with van der Waals surface area (Å²) in [4.78, 5) is 11.8. The van der Waals surface area contributed by atoms with Crippen LogP contribution in [0.15, 0.2) is 0 Å². The van der Waals surface area contributed by atoms with Gasteiger partial charge < -0.3 is 5.11 Å². The Morgan fingerprint density at radius 1 is 0.700 bits per heavy atom. The lowest BCUT2D eigenvalue weighted by atomic mass is 10.9. The van der Waals surface area contributed by atoms with Gasteiger partial charge in [0.15, 0.2) is 5.12 Å². The Morgan fingerprint density at radius 2 is 1.23 bits per heavy atom. The molecule has 180 valence electrons. The lowest BCUT2D eigenvalue weighted by Gasteiger charge is -2.04. The van der Waals surface area contributed by atoms with E-state index in [0.29, 0.717) is 10.9 Å². The highest BCUT2D eigenvalue weighted by molar-refractivity contribution is 8.30. The summed E-state index contributed by atoms with van der Waals surface area (Å²) in [5, 5.41) is 16.3. The first kappa shape index (κ1) is 33.3. The minimum absolute atomic E-state index is 0.201. The van der Waals surface area contributed by atoms with Crippen LogP contribution in [0.25, 0.3) is 0 Å². The van der Waals surface area contributed by atoms with Crippen LogP contribution in [-0.2, 0) is 15.6 Å². The zero-order valence-electron chi connectivity index (χ0n) is 17.2. The number of hydrogen-bond donors (Lipinski definition) is 1. The molecule has 0 aliphatic heterocycles. The van der Waals surface area contributed by atoms with Gasteiger partial charge in [0.1, 0.15) is 0 Å². The fourth-order valence-corrected chi connectivity index (χ4v) is 14.3. The SMILES string of the molecule is CSCSCSCSCSC(=O)CSCSCSCSCCS(=O)CCSCCO. The predicted octanol–water partition coefficient (Wildman–Crippen LogP) is 5.92. The van der Waals surface area contributed by atoms with Gasteiger partial charge in [-0.25, -0.2) is 0 Å². The molecule has 0 aromatic rings. The number of rotatable bonds is 24. The minimum atomic E-state index is -0.725. The molecule has 0 rings (SSSR count). The van der Waals surface area contributed by atoms with E-state index in [9.17, 15) is 9.00 Å². The standard InChI is InChI=1S/C16H32O3S11/c1-20-9-24-12-27-14-28-15-29-16(18)8-23-11-26-13-25-10-22-5-7-30(19)6-4-21-3-2-17/h17H,2-15H2,1H3. The fraction of sp³-hybridized carbons (Fsp3) is 0.938. The second-order valence-electron chi connectivity index (χ2n) is 5.09. The molecule has 14 heteroatoms. The first-order valence-corrected chi connectivity index (χ1v) is 22.0. The first-order chi connectivity index (χ1) is 14.7. The molecule has 0 aliphatic rings. The molecule has 0 saturated carbocycles. The Balaban J connectivity index is 3.22. The summed E-state index contributed by atoms with van der Waals surface area (Å²) in [5.41, 5.74) is 0. The van der Waals surface area contributed by atoms with Gasteiger partial charge in [0, 0.05) is 75.2 Å². The van der Waals surface area contributed by atoms with Crippen LogP contribution in [0.4, 0.5) is 0 Å². The number of aliphatic hydroxyl groups excluding tert-OH is 1. The molecule has 0 heterocycles. The molecule has 1 atom stereocenters. The van der Waals surface area contributed by atoms with Crippen LogP contribution in [0.5, 0.6) is 0 Å². The number of hydrogen-bond acceptors (Lipinski definition) is 13. The van der Waals surface area contributed by atoms with Gasteiger partial charge in [-0.3, -0.25) is 9.00 Å². The third-order valence-corrected chi connectivity index (χ3v) is 16.5. The molecule has 1 N–H and O–H groups in total. The van der Waals surface area contributed by atoms with Crippen molar-refractivity contribution >= 4 is 134 Å². The van der Waals surface area contributed by atoms with Crippen LogP contribution >= 0.6 is 118 Å². The van der Waals surface area contributed by atoms with Gasteiger partial charge in [-0.15, -0.1) is 70.6 Å². The van der Waals surface area contributed by atoms with E-state index < -0.39 is 10.8 Å². The van der Waals surface area contributed by atoms with Crippen molar-refractivity contribution in [3.63, 3.8) is 0 Å². The van der Waals surface area contributed by atoms with Gasteiger partial charge in [-0.05, 0) is 6.26 Å². The second kappa shape index (κ2) is 28.5. The Labute approximate surface area is 228 Å². The topological polar surface area (TPSA) is 54.4 Å². The van der Waals surface area contributed by atoms with Crippen LogP contribution in [0.2, 0.25) is 0 Å². The van der Waals surface area contributed by atoms with E-state index in [-0.39, 0.29) is 6.61 Å². The Hall–Kier alpha value is 3.28. The largest absolute Gasteiger partial charge is 0.396 e. The van der Waals surface area contributed by atoms with E-state index in [1.54, 1.807) is 23.5 Å².